The number of benzene rings is 1. The van der Waals surface area contributed by atoms with Crippen molar-refractivity contribution in [2.75, 3.05) is 13.3 Å². The molecule has 1 atom stereocenters. The third kappa shape index (κ3) is 1.92. The zero-order valence-electron chi connectivity index (χ0n) is 8.22. The van der Waals surface area contributed by atoms with Gasteiger partial charge in [0.15, 0.2) is 0 Å². The summed E-state index contributed by atoms with van der Waals surface area (Å²) in [5.41, 5.74) is 1.04. The maximum Gasteiger partial charge on any atom is 0.0977 e. The van der Waals surface area contributed by atoms with Crippen LogP contribution in [0, 0.1) is 0 Å². The van der Waals surface area contributed by atoms with E-state index in [2.05, 4.69) is 12.2 Å². The molecule has 14 heavy (non-hydrogen) atoms. The van der Waals surface area contributed by atoms with Crippen LogP contribution in [0.2, 0.25) is 5.02 Å². The first-order chi connectivity index (χ1) is 6.71. The zero-order valence-corrected chi connectivity index (χ0v) is 8.97. The van der Waals surface area contributed by atoms with Crippen LogP contribution in [0.15, 0.2) is 24.3 Å². The van der Waals surface area contributed by atoms with Gasteiger partial charge in [-0.3, -0.25) is 5.32 Å². The van der Waals surface area contributed by atoms with Gasteiger partial charge in [0.05, 0.1) is 12.3 Å². The molecule has 0 saturated carbocycles. The summed E-state index contributed by atoms with van der Waals surface area (Å²) in [7, 11) is 0. The molecule has 3 heteroatoms. The first kappa shape index (κ1) is 9.97. The van der Waals surface area contributed by atoms with Gasteiger partial charge < -0.3 is 4.74 Å². The molecule has 1 unspecified atom stereocenters. The summed E-state index contributed by atoms with van der Waals surface area (Å²) in [6.07, 6.45) is 0.995. The third-order valence-corrected chi connectivity index (χ3v) is 2.98. The molecule has 0 spiro atoms. The molecule has 0 aliphatic carbocycles. The van der Waals surface area contributed by atoms with Crippen LogP contribution in [0.1, 0.15) is 18.9 Å². The molecule has 2 nitrogen and oxygen atoms in total. The minimum absolute atomic E-state index is 0.157. The smallest absolute Gasteiger partial charge is 0.0977 e. The van der Waals surface area contributed by atoms with Gasteiger partial charge in [-0.25, -0.2) is 0 Å². The van der Waals surface area contributed by atoms with Gasteiger partial charge >= 0.3 is 0 Å². The van der Waals surface area contributed by atoms with Crippen LogP contribution >= 0.6 is 11.6 Å². The Labute approximate surface area is 89.2 Å². The second kappa shape index (κ2) is 3.89. The van der Waals surface area contributed by atoms with Gasteiger partial charge in [-0.05, 0) is 31.0 Å². The fraction of sp³-hybridized carbons (Fsp3) is 0.455. The molecule has 1 fully saturated rings. The van der Waals surface area contributed by atoms with Crippen molar-refractivity contribution < 1.29 is 4.74 Å². The standard InChI is InChI=1S/C11H14ClNO/c1-11(6-7-13-8-14-11)9-2-4-10(12)5-3-9/h2-5,13H,6-8H2,1H3. The molecular weight excluding hydrogens is 198 g/mol. The van der Waals surface area contributed by atoms with E-state index in [1.54, 1.807) is 0 Å². The topological polar surface area (TPSA) is 21.3 Å². The van der Waals surface area contributed by atoms with Crippen molar-refractivity contribution in [3.05, 3.63) is 34.9 Å². The Morgan fingerprint density at radius 1 is 1.36 bits per heavy atom. The van der Waals surface area contributed by atoms with Gasteiger partial charge in [-0.1, -0.05) is 23.7 Å². The highest BCUT2D eigenvalue weighted by atomic mass is 35.5. The number of rotatable bonds is 1. The van der Waals surface area contributed by atoms with E-state index in [-0.39, 0.29) is 5.60 Å². The van der Waals surface area contributed by atoms with Gasteiger partial charge in [0.25, 0.3) is 0 Å². The number of hydrogen-bond acceptors (Lipinski definition) is 2. The van der Waals surface area contributed by atoms with Crippen molar-refractivity contribution in [3.63, 3.8) is 0 Å². The van der Waals surface area contributed by atoms with E-state index in [1.807, 2.05) is 24.3 Å². The van der Waals surface area contributed by atoms with E-state index < -0.39 is 0 Å². The van der Waals surface area contributed by atoms with Crippen LogP contribution in [0.3, 0.4) is 0 Å². The second-order valence-electron chi connectivity index (χ2n) is 3.78. The maximum atomic E-state index is 5.84. The molecule has 1 aromatic rings. The van der Waals surface area contributed by atoms with Crippen LogP contribution < -0.4 is 5.32 Å². The van der Waals surface area contributed by atoms with Gasteiger partial charge in [0.1, 0.15) is 0 Å². The largest absolute Gasteiger partial charge is 0.355 e. The molecule has 1 aliphatic heterocycles. The number of ether oxygens (including phenoxy) is 1. The lowest BCUT2D eigenvalue weighted by Gasteiger charge is -2.34. The monoisotopic (exact) mass is 211 g/mol. The summed E-state index contributed by atoms with van der Waals surface area (Å²) >= 11 is 5.84. The number of hydrogen-bond donors (Lipinski definition) is 1. The van der Waals surface area contributed by atoms with Crippen molar-refractivity contribution in [3.8, 4) is 0 Å². The predicted molar refractivity (Wildman–Crippen MR) is 57.4 cm³/mol. The van der Waals surface area contributed by atoms with Crippen molar-refractivity contribution in [2.24, 2.45) is 0 Å². The maximum absolute atomic E-state index is 5.84. The van der Waals surface area contributed by atoms with Gasteiger partial charge in [0.2, 0.25) is 0 Å². The molecule has 1 heterocycles. The SMILES string of the molecule is CC1(c2ccc(Cl)cc2)CCNCO1. The van der Waals surface area contributed by atoms with E-state index in [0.29, 0.717) is 6.73 Å². The Balaban J connectivity index is 2.23. The lowest BCUT2D eigenvalue weighted by Crippen LogP contribution is -2.40. The molecule has 2 rings (SSSR count). The lowest BCUT2D eigenvalue weighted by atomic mass is 9.91. The highest BCUT2D eigenvalue weighted by Crippen LogP contribution is 2.30. The second-order valence-corrected chi connectivity index (χ2v) is 4.21. The predicted octanol–water partition coefficient (Wildman–Crippen LogP) is 2.52. The highest BCUT2D eigenvalue weighted by molar-refractivity contribution is 6.30. The molecule has 1 N–H and O–H groups in total. The van der Waals surface area contributed by atoms with E-state index in [9.17, 15) is 0 Å². The van der Waals surface area contributed by atoms with Crippen molar-refractivity contribution in [1.82, 2.24) is 5.32 Å². The molecular formula is C11H14ClNO. The molecule has 0 aromatic heterocycles. The Bertz CT molecular complexity index is 304. The number of nitrogens with one attached hydrogen (secondary N) is 1. The summed E-state index contributed by atoms with van der Waals surface area (Å²) in [6, 6.07) is 7.89. The first-order valence-electron chi connectivity index (χ1n) is 4.81. The van der Waals surface area contributed by atoms with Gasteiger partial charge in [-0.2, -0.15) is 0 Å². The van der Waals surface area contributed by atoms with E-state index in [4.69, 9.17) is 16.3 Å². The Morgan fingerprint density at radius 3 is 2.64 bits per heavy atom. The fourth-order valence-electron chi connectivity index (χ4n) is 1.71. The summed E-state index contributed by atoms with van der Waals surface area (Å²) < 4.78 is 5.74. The average Bonchev–Trinajstić information content (AvgIpc) is 2.19. The molecule has 0 amide bonds. The normalized spacial score (nSPS) is 27.6. The van der Waals surface area contributed by atoms with E-state index in [0.717, 1.165) is 18.0 Å². The summed E-state index contributed by atoms with van der Waals surface area (Å²) in [6.45, 7) is 3.75. The summed E-state index contributed by atoms with van der Waals surface area (Å²) in [4.78, 5) is 0. The average molecular weight is 212 g/mol. The first-order valence-corrected chi connectivity index (χ1v) is 5.19. The van der Waals surface area contributed by atoms with E-state index in [1.165, 1.54) is 5.56 Å². The Morgan fingerprint density at radius 2 is 2.07 bits per heavy atom. The summed E-state index contributed by atoms with van der Waals surface area (Å²) in [5, 5.41) is 3.94. The zero-order chi connectivity index (χ0) is 10.0. The molecule has 1 saturated heterocycles. The van der Waals surface area contributed by atoms with Crippen LogP contribution in [0.4, 0.5) is 0 Å². The molecule has 0 radical (unpaired) electrons. The van der Waals surface area contributed by atoms with Gasteiger partial charge in [-0.15, -0.1) is 0 Å². The fourth-order valence-corrected chi connectivity index (χ4v) is 1.84. The van der Waals surface area contributed by atoms with E-state index >= 15 is 0 Å². The van der Waals surface area contributed by atoms with Crippen molar-refractivity contribution in [2.45, 2.75) is 18.9 Å². The minimum atomic E-state index is -0.157. The van der Waals surface area contributed by atoms with Crippen molar-refractivity contribution in [1.29, 1.82) is 0 Å². The Kier molecular flexibility index (Phi) is 2.77. The van der Waals surface area contributed by atoms with Crippen LogP contribution in [-0.2, 0) is 10.3 Å². The van der Waals surface area contributed by atoms with Crippen LogP contribution in [0.5, 0.6) is 0 Å². The molecule has 76 valence electrons. The molecule has 0 bridgehead atoms. The minimum Gasteiger partial charge on any atom is -0.355 e. The van der Waals surface area contributed by atoms with Crippen LogP contribution in [0.25, 0.3) is 0 Å². The van der Waals surface area contributed by atoms with Crippen LogP contribution in [-0.4, -0.2) is 13.3 Å². The number of halogens is 1. The third-order valence-electron chi connectivity index (χ3n) is 2.73. The molecule has 1 aliphatic rings. The Hall–Kier alpha value is -0.570. The summed E-state index contributed by atoms with van der Waals surface area (Å²) in [5.74, 6) is 0. The quantitative estimate of drug-likeness (QED) is 0.771. The lowest BCUT2D eigenvalue weighted by molar-refractivity contribution is -0.0763. The van der Waals surface area contributed by atoms with Crippen molar-refractivity contribution >= 4 is 11.6 Å². The van der Waals surface area contributed by atoms with Gasteiger partial charge in [0, 0.05) is 11.6 Å². The highest BCUT2D eigenvalue weighted by Gasteiger charge is 2.29. The molecule has 1 aromatic carbocycles.